The molecule has 2 rings (SSSR count). The molecule has 20 heavy (non-hydrogen) atoms. The summed E-state index contributed by atoms with van der Waals surface area (Å²) in [5, 5.41) is 13.5. The van der Waals surface area contributed by atoms with E-state index in [1.54, 1.807) is 12.1 Å². The fourth-order valence-corrected chi connectivity index (χ4v) is 2.16. The van der Waals surface area contributed by atoms with Gasteiger partial charge in [0.15, 0.2) is 0 Å². The van der Waals surface area contributed by atoms with Crippen molar-refractivity contribution in [1.29, 1.82) is 0 Å². The molecule has 102 valence electrons. The quantitative estimate of drug-likeness (QED) is 0.516. The van der Waals surface area contributed by atoms with Crippen LogP contribution >= 0.6 is 27.5 Å². The van der Waals surface area contributed by atoms with E-state index in [4.69, 9.17) is 11.6 Å². The predicted octanol–water partition coefficient (Wildman–Crippen LogP) is 3.66. The molecule has 2 aromatic rings. The number of hydrogen-bond donors (Lipinski definition) is 1. The highest BCUT2D eigenvalue weighted by Gasteiger charge is 2.23. The lowest BCUT2D eigenvalue weighted by atomic mass is 10.1. The molecule has 0 unspecified atom stereocenters. The van der Waals surface area contributed by atoms with Crippen molar-refractivity contribution in [2.24, 2.45) is 0 Å². The van der Waals surface area contributed by atoms with E-state index in [2.05, 4.69) is 26.2 Å². The zero-order valence-electron chi connectivity index (χ0n) is 9.84. The number of carbonyl (C=O) groups is 1. The van der Waals surface area contributed by atoms with Crippen molar-refractivity contribution >= 4 is 44.8 Å². The zero-order chi connectivity index (χ0) is 14.7. The maximum absolute atomic E-state index is 12.2. The van der Waals surface area contributed by atoms with Gasteiger partial charge in [0, 0.05) is 12.3 Å². The van der Waals surface area contributed by atoms with Gasteiger partial charge in [0.2, 0.25) is 0 Å². The van der Waals surface area contributed by atoms with Crippen LogP contribution in [0.4, 0.5) is 11.4 Å². The number of rotatable bonds is 3. The summed E-state index contributed by atoms with van der Waals surface area (Å²) in [6, 6.07) is 7.29. The van der Waals surface area contributed by atoms with Crippen LogP contribution in [0.2, 0.25) is 5.02 Å². The first-order valence-electron chi connectivity index (χ1n) is 5.35. The number of amides is 1. The van der Waals surface area contributed by atoms with E-state index in [1.165, 1.54) is 24.4 Å². The minimum Gasteiger partial charge on any atom is -0.319 e. The van der Waals surface area contributed by atoms with Gasteiger partial charge in [-0.1, -0.05) is 17.7 Å². The maximum Gasteiger partial charge on any atom is 0.283 e. The Morgan fingerprint density at radius 1 is 1.35 bits per heavy atom. The van der Waals surface area contributed by atoms with E-state index in [9.17, 15) is 14.9 Å². The summed E-state index contributed by atoms with van der Waals surface area (Å²) in [5.74, 6) is -0.670. The topological polar surface area (TPSA) is 85.1 Å². The average molecular weight is 357 g/mol. The molecular formula is C12H7BrClN3O3. The molecule has 8 heteroatoms. The summed E-state index contributed by atoms with van der Waals surface area (Å²) in [6.45, 7) is 0. The van der Waals surface area contributed by atoms with Crippen LogP contribution in [0.15, 0.2) is 41.1 Å². The van der Waals surface area contributed by atoms with E-state index < -0.39 is 10.8 Å². The number of aromatic nitrogens is 1. The molecule has 0 spiro atoms. The molecule has 0 bridgehead atoms. The third-order valence-corrected chi connectivity index (χ3v) is 3.37. The minimum absolute atomic E-state index is 0.0108. The maximum atomic E-state index is 12.2. The van der Waals surface area contributed by atoms with Crippen LogP contribution in [0.5, 0.6) is 0 Å². The summed E-state index contributed by atoms with van der Waals surface area (Å²) in [4.78, 5) is 26.4. The number of nitrogens with zero attached hydrogens (tertiary/aromatic N) is 2. The van der Waals surface area contributed by atoms with Crippen LogP contribution < -0.4 is 5.32 Å². The van der Waals surface area contributed by atoms with Crippen molar-refractivity contribution in [2.45, 2.75) is 0 Å². The molecule has 1 aromatic heterocycles. The Labute approximate surface area is 127 Å². The molecule has 0 aliphatic rings. The van der Waals surface area contributed by atoms with Gasteiger partial charge in [0.1, 0.15) is 10.2 Å². The molecule has 0 aliphatic carbocycles. The molecule has 1 heterocycles. The summed E-state index contributed by atoms with van der Waals surface area (Å²) >= 11 is 9.05. The lowest BCUT2D eigenvalue weighted by molar-refractivity contribution is -0.385. The Morgan fingerprint density at radius 3 is 2.75 bits per heavy atom. The van der Waals surface area contributed by atoms with Crippen LogP contribution in [0, 0.1) is 10.1 Å². The van der Waals surface area contributed by atoms with Crippen LogP contribution in [0.3, 0.4) is 0 Å². The minimum atomic E-state index is -0.670. The van der Waals surface area contributed by atoms with Crippen molar-refractivity contribution in [1.82, 2.24) is 4.98 Å². The normalized spacial score (nSPS) is 10.1. The van der Waals surface area contributed by atoms with Gasteiger partial charge >= 0.3 is 0 Å². The van der Waals surface area contributed by atoms with Crippen molar-refractivity contribution in [2.75, 3.05) is 5.32 Å². The molecule has 1 aromatic carbocycles. The van der Waals surface area contributed by atoms with Gasteiger partial charge in [-0.3, -0.25) is 14.9 Å². The van der Waals surface area contributed by atoms with Crippen LogP contribution in [0.1, 0.15) is 10.4 Å². The highest BCUT2D eigenvalue weighted by Crippen LogP contribution is 2.28. The molecule has 0 radical (unpaired) electrons. The third-order valence-electron chi connectivity index (χ3n) is 2.42. The standard InChI is InChI=1S/C12H7BrClN3O3/c13-11-8(4-2-6-15-11)16-12(18)10-7(14)3-1-5-9(10)17(19)20/h1-6H,(H,16,18). The Bertz CT molecular complexity index is 693. The van der Waals surface area contributed by atoms with Gasteiger partial charge in [-0.05, 0) is 34.1 Å². The smallest absolute Gasteiger partial charge is 0.283 e. The summed E-state index contributed by atoms with van der Waals surface area (Å²) in [7, 11) is 0. The number of benzene rings is 1. The van der Waals surface area contributed by atoms with Gasteiger partial charge in [0.05, 0.1) is 15.6 Å². The average Bonchev–Trinajstić information content (AvgIpc) is 2.40. The number of nitrogens with one attached hydrogen (secondary N) is 1. The summed E-state index contributed by atoms with van der Waals surface area (Å²) in [6.07, 6.45) is 1.54. The van der Waals surface area contributed by atoms with Crippen molar-refractivity contribution in [3.05, 3.63) is 61.8 Å². The molecular weight excluding hydrogens is 350 g/mol. The number of pyridine rings is 1. The Kier molecular flexibility index (Phi) is 4.31. The Balaban J connectivity index is 2.40. The van der Waals surface area contributed by atoms with E-state index >= 15 is 0 Å². The molecule has 0 aliphatic heterocycles. The lowest BCUT2D eigenvalue weighted by Gasteiger charge is -2.08. The fourth-order valence-electron chi connectivity index (χ4n) is 1.55. The number of nitro groups is 1. The molecule has 1 N–H and O–H groups in total. The second kappa shape index (κ2) is 5.98. The first-order chi connectivity index (χ1) is 9.50. The van der Waals surface area contributed by atoms with Gasteiger partial charge < -0.3 is 5.32 Å². The van der Waals surface area contributed by atoms with Crippen LogP contribution in [0.25, 0.3) is 0 Å². The van der Waals surface area contributed by atoms with E-state index in [0.29, 0.717) is 10.3 Å². The second-order valence-electron chi connectivity index (χ2n) is 3.69. The number of carbonyl (C=O) groups excluding carboxylic acids is 1. The van der Waals surface area contributed by atoms with Gasteiger partial charge in [0.25, 0.3) is 11.6 Å². The monoisotopic (exact) mass is 355 g/mol. The SMILES string of the molecule is O=C(Nc1cccnc1Br)c1c(Cl)cccc1[N+](=O)[O-]. The van der Waals surface area contributed by atoms with Crippen molar-refractivity contribution in [3.8, 4) is 0 Å². The van der Waals surface area contributed by atoms with E-state index in [0.717, 1.165) is 0 Å². The Morgan fingerprint density at radius 2 is 2.10 bits per heavy atom. The molecule has 1 amide bonds. The van der Waals surface area contributed by atoms with Crippen molar-refractivity contribution in [3.63, 3.8) is 0 Å². The lowest BCUT2D eigenvalue weighted by Crippen LogP contribution is -2.15. The largest absolute Gasteiger partial charge is 0.319 e. The highest BCUT2D eigenvalue weighted by molar-refractivity contribution is 9.10. The van der Waals surface area contributed by atoms with Gasteiger partial charge in [-0.15, -0.1) is 0 Å². The summed E-state index contributed by atoms with van der Waals surface area (Å²) < 4.78 is 0.419. The number of anilines is 1. The van der Waals surface area contributed by atoms with Crippen LogP contribution in [-0.4, -0.2) is 15.8 Å². The first kappa shape index (κ1) is 14.4. The zero-order valence-corrected chi connectivity index (χ0v) is 12.2. The van der Waals surface area contributed by atoms with Crippen LogP contribution in [-0.2, 0) is 0 Å². The molecule has 0 saturated carbocycles. The van der Waals surface area contributed by atoms with Gasteiger partial charge in [-0.2, -0.15) is 0 Å². The number of hydrogen-bond acceptors (Lipinski definition) is 4. The number of halogens is 2. The summed E-state index contributed by atoms with van der Waals surface area (Å²) in [5.41, 5.74) is -0.142. The predicted molar refractivity (Wildman–Crippen MR) is 78.0 cm³/mol. The fraction of sp³-hybridized carbons (Fsp3) is 0. The second-order valence-corrected chi connectivity index (χ2v) is 4.85. The third kappa shape index (κ3) is 2.94. The molecule has 0 fully saturated rings. The number of nitro benzene ring substituents is 1. The van der Waals surface area contributed by atoms with E-state index in [-0.39, 0.29) is 16.3 Å². The van der Waals surface area contributed by atoms with E-state index in [1.807, 2.05) is 0 Å². The molecule has 0 atom stereocenters. The molecule has 6 nitrogen and oxygen atoms in total. The first-order valence-corrected chi connectivity index (χ1v) is 6.52. The Hall–Kier alpha value is -1.99. The molecule has 0 saturated heterocycles. The highest BCUT2D eigenvalue weighted by atomic mass is 79.9. The van der Waals surface area contributed by atoms with Crippen molar-refractivity contribution < 1.29 is 9.72 Å². The van der Waals surface area contributed by atoms with Gasteiger partial charge in [-0.25, -0.2) is 4.98 Å².